The molecule has 34 heavy (non-hydrogen) atoms. The first-order chi connectivity index (χ1) is 16.1. The van der Waals surface area contributed by atoms with Crippen LogP contribution in [0.15, 0.2) is 30.3 Å². The van der Waals surface area contributed by atoms with Crippen molar-refractivity contribution in [2.75, 3.05) is 0 Å². The van der Waals surface area contributed by atoms with E-state index in [9.17, 15) is 10.2 Å². The Kier molecular flexibility index (Phi) is 5.52. The van der Waals surface area contributed by atoms with Crippen molar-refractivity contribution in [3.05, 3.63) is 35.9 Å². The van der Waals surface area contributed by atoms with E-state index in [1.807, 2.05) is 19.9 Å². The van der Waals surface area contributed by atoms with Crippen LogP contribution in [-0.4, -0.2) is 46.5 Å². The van der Waals surface area contributed by atoms with Crippen molar-refractivity contribution in [2.45, 2.75) is 109 Å². The molecule has 4 saturated carbocycles. The zero-order valence-electron chi connectivity index (χ0n) is 21.2. The number of fused-ring (bicyclic) bond motifs is 8. The summed E-state index contributed by atoms with van der Waals surface area (Å²) in [7, 11) is 0. The van der Waals surface area contributed by atoms with Gasteiger partial charge in [0, 0.05) is 11.8 Å². The topological polar surface area (TPSA) is 68.2 Å². The van der Waals surface area contributed by atoms with Gasteiger partial charge in [0.25, 0.3) is 0 Å². The van der Waals surface area contributed by atoms with E-state index in [2.05, 4.69) is 38.1 Å². The lowest BCUT2D eigenvalue weighted by Gasteiger charge is -2.64. The lowest BCUT2D eigenvalue weighted by Crippen LogP contribution is -2.67. The molecule has 1 heterocycles. The highest BCUT2D eigenvalue weighted by molar-refractivity contribution is 5.18. The molecule has 5 nitrogen and oxygen atoms in total. The Labute approximate surface area is 204 Å². The van der Waals surface area contributed by atoms with Crippen LogP contribution in [0.4, 0.5) is 0 Å². The summed E-state index contributed by atoms with van der Waals surface area (Å²) in [5, 5.41) is 22.0. The summed E-state index contributed by atoms with van der Waals surface area (Å²) < 4.78 is 20.0. The van der Waals surface area contributed by atoms with Gasteiger partial charge in [-0.2, -0.15) is 0 Å². The van der Waals surface area contributed by atoms with Crippen molar-refractivity contribution in [2.24, 2.45) is 34.5 Å². The van der Waals surface area contributed by atoms with Crippen molar-refractivity contribution in [3.8, 4) is 0 Å². The Hall–Kier alpha value is -0.980. The molecule has 4 unspecified atom stereocenters. The third-order valence-electron chi connectivity index (χ3n) is 10.8. The van der Waals surface area contributed by atoms with Gasteiger partial charge in [-0.3, -0.25) is 0 Å². The summed E-state index contributed by atoms with van der Waals surface area (Å²) in [6, 6.07) is 10.4. The average molecular weight is 471 g/mol. The van der Waals surface area contributed by atoms with E-state index in [0.29, 0.717) is 30.8 Å². The largest absolute Gasteiger partial charge is 0.393 e. The van der Waals surface area contributed by atoms with Gasteiger partial charge in [-0.1, -0.05) is 44.2 Å². The summed E-state index contributed by atoms with van der Waals surface area (Å²) in [6.45, 7) is 9.37. The molecule has 5 heteroatoms. The summed E-state index contributed by atoms with van der Waals surface area (Å²) >= 11 is 0. The maximum Gasteiger partial charge on any atom is 0.163 e. The monoisotopic (exact) mass is 470 g/mol. The maximum atomic E-state index is 11.0. The fourth-order valence-corrected chi connectivity index (χ4v) is 9.18. The van der Waals surface area contributed by atoms with Crippen LogP contribution in [0.2, 0.25) is 0 Å². The van der Waals surface area contributed by atoms with Gasteiger partial charge in [0.15, 0.2) is 5.79 Å². The molecule has 0 bridgehead atoms. The van der Waals surface area contributed by atoms with Gasteiger partial charge in [0.1, 0.15) is 0 Å². The van der Waals surface area contributed by atoms with Crippen LogP contribution in [-0.2, 0) is 20.8 Å². The van der Waals surface area contributed by atoms with Gasteiger partial charge < -0.3 is 24.4 Å². The van der Waals surface area contributed by atoms with Crippen LogP contribution in [0.5, 0.6) is 0 Å². The zero-order valence-corrected chi connectivity index (χ0v) is 21.2. The number of benzene rings is 1. The SMILES string of the molecule is CC1(C)O[C@@H]2C3C(CC[C@@]4(C)C3CC[C@@H]4O)[C@]3(C)C(C[C@@H](O)C[C@@H]3OCc3ccccc3)[C@H]2O1. The number of aliphatic hydroxyl groups is 2. The van der Waals surface area contributed by atoms with E-state index in [-0.39, 0.29) is 47.3 Å². The lowest BCUT2D eigenvalue weighted by atomic mass is 9.43. The van der Waals surface area contributed by atoms with E-state index >= 15 is 0 Å². The lowest BCUT2D eigenvalue weighted by molar-refractivity contribution is -0.240. The molecule has 1 aromatic rings. The van der Waals surface area contributed by atoms with E-state index in [1.165, 1.54) is 5.56 Å². The number of rotatable bonds is 3. The first-order valence-corrected chi connectivity index (χ1v) is 13.5. The molecule has 1 aromatic carbocycles. The molecule has 2 N–H and O–H groups in total. The van der Waals surface area contributed by atoms with Crippen LogP contribution in [0, 0.1) is 34.5 Å². The summed E-state index contributed by atoms with van der Waals surface area (Å²) in [4.78, 5) is 0. The first-order valence-electron chi connectivity index (χ1n) is 13.5. The molecule has 1 saturated heterocycles. The van der Waals surface area contributed by atoms with Crippen molar-refractivity contribution < 1.29 is 24.4 Å². The predicted octanol–water partition coefficient (Wildman–Crippen LogP) is 4.69. The molecule has 5 aliphatic rings. The van der Waals surface area contributed by atoms with E-state index in [0.717, 1.165) is 32.1 Å². The normalized spacial score (nSPS) is 51.3. The van der Waals surface area contributed by atoms with Crippen LogP contribution in [0.3, 0.4) is 0 Å². The van der Waals surface area contributed by atoms with Gasteiger partial charge in [-0.25, -0.2) is 0 Å². The Balaban J connectivity index is 1.39. The summed E-state index contributed by atoms with van der Waals surface area (Å²) in [5.41, 5.74) is 1.03. The Morgan fingerprint density at radius 1 is 0.882 bits per heavy atom. The van der Waals surface area contributed by atoms with Gasteiger partial charge in [0.05, 0.1) is 37.1 Å². The van der Waals surface area contributed by atoms with Crippen molar-refractivity contribution in [1.82, 2.24) is 0 Å². The fourth-order valence-electron chi connectivity index (χ4n) is 9.18. The minimum absolute atomic E-state index is 0.0214. The van der Waals surface area contributed by atoms with Crippen molar-refractivity contribution >= 4 is 0 Å². The first kappa shape index (κ1) is 23.4. The van der Waals surface area contributed by atoms with Crippen molar-refractivity contribution in [3.63, 3.8) is 0 Å². The molecular weight excluding hydrogens is 428 g/mol. The summed E-state index contributed by atoms with van der Waals surface area (Å²) in [6.07, 6.45) is 4.84. The highest BCUT2D eigenvalue weighted by Gasteiger charge is 2.70. The highest BCUT2D eigenvalue weighted by atomic mass is 16.8. The number of aliphatic hydroxyl groups excluding tert-OH is 2. The molecule has 1 aliphatic heterocycles. The van der Waals surface area contributed by atoms with E-state index in [1.54, 1.807) is 0 Å². The second kappa shape index (κ2) is 8.01. The molecule has 4 aliphatic carbocycles. The van der Waals surface area contributed by atoms with E-state index in [4.69, 9.17) is 14.2 Å². The quantitative estimate of drug-likeness (QED) is 0.671. The maximum absolute atomic E-state index is 11.0. The van der Waals surface area contributed by atoms with E-state index < -0.39 is 5.79 Å². The molecule has 0 spiro atoms. The second-order valence-corrected chi connectivity index (χ2v) is 12.9. The minimum atomic E-state index is -0.626. The Bertz CT molecular complexity index is 903. The van der Waals surface area contributed by atoms with Gasteiger partial charge >= 0.3 is 0 Å². The molecule has 5 fully saturated rings. The molecule has 11 atom stereocenters. The third-order valence-corrected chi connectivity index (χ3v) is 10.8. The molecular formula is C29H42O5. The Morgan fingerprint density at radius 2 is 1.62 bits per heavy atom. The number of hydrogen-bond donors (Lipinski definition) is 2. The van der Waals surface area contributed by atoms with Gasteiger partial charge in [-0.15, -0.1) is 0 Å². The second-order valence-electron chi connectivity index (χ2n) is 12.9. The fraction of sp³-hybridized carbons (Fsp3) is 0.793. The molecule has 0 aromatic heterocycles. The van der Waals surface area contributed by atoms with Gasteiger partial charge in [-0.05, 0) is 80.6 Å². The number of ether oxygens (including phenoxy) is 3. The van der Waals surface area contributed by atoms with Crippen molar-refractivity contribution in [1.29, 1.82) is 0 Å². The highest BCUT2D eigenvalue weighted by Crippen LogP contribution is 2.68. The predicted molar refractivity (Wildman–Crippen MR) is 129 cm³/mol. The van der Waals surface area contributed by atoms with Crippen LogP contribution in [0.1, 0.15) is 71.8 Å². The van der Waals surface area contributed by atoms with Gasteiger partial charge in [0.2, 0.25) is 0 Å². The molecule has 6 rings (SSSR count). The molecule has 0 amide bonds. The minimum Gasteiger partial charge on any atom is -0.393 e. The van der Waals surface area contributed by atoms with Crippen LogP contribution < -0.4 is 0 Å². The molecule has 188 valence electrons. The smallest absolute Gasteiger partial charge is 0.163 e. The zero-order chi connectivity index (χ0) is 23.9. The van der Waals surface area contributed by atoms with Crippen LogP contribution in [0.25, 0.3) is 0 Å². The Morgan fingerprint density at radius 3 is 2.38 bits per heavy atom. The average Bonchev–Trinajstić information content (AvgIpc) is 3.29. The molecule has 0 radical (unpaired) electrons. The van der Waals surface area contributed by atoms with Crippen LogP contribution >= 0.6 is 0 Å². The third kappa shape index (κ3) is 3.37. The summed E-state index contributed by atoms with van der Waals surface area (Å²) in [5.74, 6) is 0.792. The standard InChI is InChI=1S/C29H42O5/c1-27(2)33-25-21-14-18(30)15-23(32-16-17-8-6-5-7-9-17)29(21,4)20-12-13-28(3)19(10-11-22(28)31)24(20)26(25)34-27/h5-9,18-26,30-31H,10-16H2,1-4H3/t18-,19?,20?,21?,22+,23+,24?,25-,26-,28+,29-/m1/s1. The number of hydrogen-bond acceptors (Lipinski definition) is 5.